The lowest BCUT2D eigenvalue weighted by atomic mass is 10.3. The summed E-state index contributed by atoms with van der Waals surface area (Å²) in [6.45, 7) is 11.9. The number of rotatable bonds is 3. The molecule has 0 spiro atoms. The molecule has 0 aliphatic carbocycles. The van der Waals surface area contributed by atoms with E-state index in [1.54, 1.807) is 0 Å². The average molecular weight is 157 g/mol. The SMILES string of the molecule is C=C(C)C(=S)N(CC)CC. The van der Waals surface area contributed by atoms with Crippen molar-refractivity contribution in [3.05, 3.63) is 12.2 Å². The molecule has 0 bridgehead atoms. The number of nitrogens with zero attached hydrogens (tertiary/aromatic N) is 1. The van der Waals surface area contributed by atoms with E-state index in [4.69, 9.17) is 12.2 Å². The van der Waals surface area contributed by atoms with Crippen LogP contribution in [0.3, 0.4) is 0 Å². The summed E-state index contributed by atoms with van der Waals surface area (Å²) < 4.78 is 0. The first-order valence-electron chi connectivity index (χ1n) is 3.58. The Kier molecular flexibility index (Phi) is 4.28. The van der Waals surface area contributed by atoms with Gasteiger partial charge in [-0.15, -0.1) is 0 Å². The summed E-state index contributed by atoms with van der Waals surface area (Å²) in [7, 11) is 0. The van der Waals surface area contributed by atoms with Crippen molar-refractivity contribution < 1.29 is 0 Å². The van der Waals surface area contributed by atoms with Crippen LogP contribution in [0, 0.1) is 0 Å². The molecule has 2 heteroatoms. The molecule has 10 heavy (non-hydrogen) atoms. The number of likely N-dealkylation sites (N-methyl/N-ethyl adjacent to an activating group) is 1. The minimum atomic E-state index is 0.894. The second-order valence-corrected chi connectivity index (χ2v) is 2.64. The van der Waals surface area contributed by atoms with Crippen molar-refractivity contribution in [1.29, 1.82) is 0 Å². The van der Waals surface area contributed by atoms with Gasteiger partial charge in [0.05, 0.1) is 0 Å². The maximum Gasteiger partial charge on any atom is 0.104 e. The van der Waals surface area contributed by atoms with E-state index >= 15 is 0 Å². The predicted molar refractivity (Wildman–Crippen MR) is 50.3 cm³/mol. The second kappa shape index (κ2) is 4.45. The smallest absolute Gasteiger partial charge is 0.104 e. The molecule has 0 aliphatic rings. The van der Waals surface area contributed by atoms with Crippen LogP contribution in [0.25, 0.3) is 0 Å². The van der Waals surface area contributed by atoms with Gasteiger partial charge in [0.2, 0.25) is 0 Å². The third-order valence-electron chi connectivity index (χ3n) is 1.42. The van der Waals surface area contributed by atoms with E-state index < -0.39 is 0 Å². The van der Waals surface area contributed by atoms with Crippen LogP contribution in [0.1, 0.15) is 20.8 Å². The molecular weight excluding hydrogens is 142 g/mol. The molecule has 0 aromatic rings. The molecule has 1 nitrogen and oxygen atoms in total. The molecule has 0 atom stereocenters. The van der Waals surface area contributed by atoms with Gasteiger partial charge in [-0.05, 0) is 26.3 Å². The Morgan fingerprint density at radius 3 is 1.90 bits per heavy atom. The minimum absolute atomic E-state index is 0.894. The van der Waals surface area contributed by atoms with Gasteiger partial charge in [-0.1, -0.05) is 18.8 Å². The van der Waals surface area contributed by atoms with E-state index in [9.17, 15) is 0 Å². The Morgan fingerprint density at radius 1 is 1.40 bits per heavy atom. The molecule has 0 aromatic carbocycles. The van der Waals surface area contributed by atoms with Crippen molar-refractivity contribution in [2.75, 3.05) is 13.1 Å². The van der Waals surface area contributed by atoms with Crippen LogP contribution in [0.2, 0.25) is 0 Å². The second-order valence-electron chi connectivity index (χ2n) is 2.26. The van der Waals surface area contributed by atoms with Crippen molar-refractivity contribution in [2.24, 2.45) is 0 Å². The molecule has 0 aromatic heterocycles. The van der Waals surface area contributed by atoms with Crippen LogP contribution in [-0.4, -0.2) is 23.0 Å². The van der Waals surface area contributed by atoms with Gasteiger partial charge in [0.1, 0.15) is 4.99 Å². The molecule has 0 rings (SSSR count). The first-order valence-corrected chi connectivity index (χ1v) is 3.99. The first kappa shape index (κ1) is 9.63. The molecule has 0 saturated heterocycles. The third kappa shape index (κ3) is 2.48. The van der Waals surface area contributed by atoms with Crippen molar-refractivity contribution >= 4 is 17.2 Å². The molecule has 0 heterocycles. The summed E-state index contributed by atoms with van der Waals surface area (Å²) in [5.74, 6) is 0. The fourth-order valence-electron chi connectivity index (χ4n) is 0.781. The molecule has 0 saturated carbocycles. The van der Waals surface area contributed by atoms with Crippen molar-refractivity contribution in [3.8, 4) is 0 Å². The van der Waals surface area contributed by atoms with Gasteiger partial charge in [-0.2, -0.15) is 0 Å². The third-order valence-corrected chi connectivity index (χ3v) is 2.02. The minimum Gasteiger partial charge on any atom is -0.363 e. The molecule has 0 aliphatic heterocycles. The van der Waals surface area contributed by atoms with E-state index in [-0.39, 0.29) is 0 Å². The molecule has 58 valence electrons. The highest BCUT2D eigenvalue weighted by molar-refractivity contribution is 7.80. The highest BCUT2D eigenvalue weighted by Crippen LogP contribution is 1.99. The first-order chi connectivity index (χ1) is 4.63. The standard InChI is InChI=1S/C8H15NS/c1-5-9(6-2)8(10)7(3)4/h3,5-6H2,1-2,4H3. The largest absolute Gasteiger partial charge is 0.363 e. The molecule has 0 unspecified atom stereocenters. The van der Waals surface area contributed by atoms with Crippen LogP contribution in [-0.2, 0) is 0 Å². The number of hydrogen-bond acceptors (Lipinski definition) is 1. The van der Waals surface area contributed by atoms with E-state index in [0.29, 0.717) is 0 Å². The highest BCUT2D eigenvalue weighted by atomic mass is 32.1. The molecule has 0 amide bonds. The van der Waals surface area contributed by atoms with Crippen LogP contribution in [0.5, 0.6) is 0 Å². The van der Waals surface area contributed by atoms with Crippen molar-refractivity contribution in [3.63, 3.8) is 0 Å². The van der Waals surface area contributed by atoms with Crippen molar-refractivity contribution in [2.45, 2.75) is 20.8 Å². The summed E-state index contributed by atoms with van der Waals surface area (Å²) in [4.78, 5) is 3.02. The molecule has 0 N–H and O–H groups in total. The normalized spacial score (nSPS) is 9.10. The van der Waals surface area contributed by atoms with Gasteiger partial charge in [-0.25, -0.2) is 0 Å². The summed E-state index contributed by atoms with van der Waals surface area (Å²) >= 11 is 5.12. The predicted octanol–water partition coefficient (Wildman–Crippen LogP) is 2.23. The lowest BCUT2D eigenvalue weighted by molar-refractivity contribution is 0.474. The van der Waals surface area contributed by atoms with Crippen LogP contribution in [0.15, 0.2) is 12.2 Å². The van der Waals surface area contributed by atoms with E-state index in [1.165, 1.54) is 0 Å². The summed E-state index contributed by atoms with van der Waals surface area (Å²) in [6.07, 6.45) is 0. The summed E-state index contributed by atoms with van der Waals surface area (Å²) in [5.41, 5.74) is 0.985. The zero-order valence-corrected chi connectivity index (χ0v) is 7.79. The van der Waals surface area contributed by atoms with Crippen LogP contribution < -0.4 is 0 Å². The van der Waals surface area contributed by atoms with Gasteiger partial charge in [0, 0.05) is 13.1 Å². The van der Waals surface area contributed by atoms with Gasteiger partial charge >= 0.3 is 0 Å². The van der Waals surface area contributed by atoms with Crippen LogP contribution >= 0.6 is 12.2 Å². The average Bonchev–Trinajstić information content (AvgIpc) is 1.90. The number of thiocarbonyl (C=S) groups is 1. The Morgan fingerprint density at radius 2 is 1.80 bits per heavy atom. The topological polar surface area (TPSA) is 3.24 Å². The van der Waals surface area contributed by atoms with E-state index in [0.717, 1.165) is 23.7 Å². The Balaban J connectivity index is 4.02. The Bertz CT molecular complexity index is 136. The monoisotopic (exact) mass is 157 g/mol. The summed E-state index contributed by atoms with van der Waals surface area (Å²) in [5, 5.41) is 0. The lowest BCUT2D eigenvalue weighted by Crippen LogP contribution is -2.29. The van der Waals surface area contributed by atoms with Crippen molar-refractivity contribution in [1.82, 2.24) is 4.90 Å². The molecular formula is C8H15NS. The Hall–Kier alpha value is -0.370. The van der Waals surface area contributed by atoms with Gasteiger partial charge in [0.25, 0.3) is 0 Å². The zero-order chi connectivity index (χ0) is 8.15. The summed E-state index contributed by atoms with van der Waals surface area (Å²) in [6, 6.07) is 0. The van der Waals surface area contributed by atoms with E-state index in [1.807, 2.05) is 6.92 Å². The zero-order valence-electron chi connectivity index (χ0n) is 6.98. The fraction of sp³-hybridized carbons (Fsp3) is 0.625. The lowest BCUT2D eigenvalue weighted by Gasteiger charge is -2.21. The molecule has 0 fully saturated rings. The Labute approximate surface area is 68.7 Å². The van der Waals surface area contributed by atoms with E-state index in [2.05, 4.69) is 25.3 Å². The van der Waals surface area contributed by atoms with Gasteiger partial charge in [-0.3, -0.25) is 0 Å². The molecule has 0 radical (unpaired) electrons. The number of hydrogen-bond donors (Lipinski definition) is 0. The van der Waals surface area contributed by atoms with Gasteiger partial charge in [0.15, 0.2) is 0 Å². The quantitative estimate of drug-likeness (QED) is 0.456. The fourth-order valence-corrected chi connectivity index (χ4v) is 1.04. The van der Waals surface area contributed by atoms with Gasteiger partial charge < -0.3 is 4.90 Å². The highest BCUT2D eigenvalue weighted by Gasteiger charge is 2.03. The maximum atomic E-state index is 5.12. The van der Waals surface area contributed by atoms with Crippen LogP contribution in [0.4, 0.5) is 0 Å². The maximum absolute atomic E-state index is 5.12.